The van der Waals surface area contributed by atoms with Gasteiger partial charge in [0.25, 0.3) is 0 Å². The molecule has 0 amide bonds. The first-order chi connectivity index (χ1) is 16.1. The Morgan fingerprint density at radius 3 is 1.87 bits per heavy atom. The van der Waals surface area contributed by atoms with Gasteiger partial charge in [0.15, 0.2) is 0 Å². The van der Waals surface area contributed by atoms with E-state index in [1.54, 1.807) is 0 Å². The van der Waals surface area contributed by atoms with Gasteiger partial charge in [-0.3, -0.25) is 0 Å². The summed E-state index contributed by atoms with van der Waals surface area (Å²) in [5.74, 6) is 1.99. The summed E-state index contributed by atoms with van der Waals surface area (Å²) in [5.41, 5.74) is 0.188. The summed E-state index contributed by atoms with van der Waals surface area (Å²) in [7, 11) is 0. The first kappa shape index (κ1) is 18.4. The molecule has 1 nitrogen and oxygen atoms in total. The van der Waals surface area contributed by atoms with Crippen LogP contribution in [0.25, 0.3) is 0 Å². The van der Waals surface area contributed by atoms with Gasteiger partial charge in [0.2, 0.25) is 0 Å². The molecule has 0 bridgehead atoms. The van der Waals surface area contributed by atoms with Crippen molar-refractivity contribution in [3.05, 3.63) is 29.7 Å². The lowest BCUT2D eigenvalue weighted by Crippen LogP contribution is -2.26. The highest BCUT2D eigenvalue weighted by Crippen LogP contribution is 2.43. The summed E-state index contributed by atoms with van der Waals surface area (Å²) >= 11 is 0. The fourth-order valence-corrected chi connectivity index (χ4v) is 5.55. The zero-order valence-electron chi connectivity index (χ0n) is 22.3. The summed E-state index contributed by atoms with van der Waals surface area (Å²) in [4.78, 5) is 0. The number of unbranched alkanes of at least 4 members (excludes halogenated alkanes) is 2. The Balaban J connectivity index is 1.48. The van der Waals surface area contributed by atoms with E-state index in [4.69, 9.17) is 5.48 Å². The summed E-state index contributed by atoms with van der Waals surface area (Å²) in [5, 5.41) is 0. The molecule has 30 heavy (non-hydrogen) atoms. The van der Waals surface area contributed by atoms with Gasteiger partial charge in [-0.1, -0.05) is 70.4 Å². The van der Waals surface area contributed by atoms with Crippen LogP contribution >= 0.6 is 0 Å². The molecular formula is C26H39F3O. The zero-order chi connectivity index (χ0) is 24.9. The van der Waals surface area contributed by atoms with Crippen LogP contribution in [0, 0.1) is 23.7 Å². The normalized spacial score (nSPS) is 29.6. The van der Waals surface area contributed by atoms with Crippen molar-refractivity contribution in [3.63, 3.8) is 0 Å². The molecule has 0 spiro atoms. The van der Waals surface area contributed by atoms with E-state index in [0.717, 1.165) is 37.0 Å². The quantitative estimate of drug-likeness (QED) is 0.357. The third kappa shape index (κ3) is 7.81. The van der Waals surface area contributed by atoms with Crippen LogP contribution in [-0.4, -0.2) is 6.36 Å². The lowest BCUT2D eigenvalue weighted by Gasteiger charge is -2.38. The molecule has 0 atom stereocenters. The van der Waals surface area contributed by atoms with E-state index in [2.05, 4.69) is 11.7 Å². The molecule has 2 fully saturated rings. The second-order valence-electron chi connectivity index (χ2n) is 9.45. The Hall–Kier alpha value is -1.19. The van der Waals surface area contributed by atoms with Gasteiger partial charge in [0.05, 0.1) is 5.48 Å². The van der Waals surface area contributed by atoms with Crippen molar-refractivity contribution in [2.75, 3.05) is 0 Å². The molecule has 0 saturated heterocycles. The van der Waals surface area contributed by atoms with E-state index in [0.29, 0.717) is 12.3 Å². The van der Waals surface area contributed by atoms with Crippen LogP contribution in [0.1, 0.15) is 101 Å². The highest BCUT2D eigenvalue weighted by Gasteiger charge is 2.31. The van der Waals surface area contributed by atoms with Gasteiger partial charge in [0.1, 0.15) is 5.75 Å². The lowest BCUT2D eigenvalue weighted by atomic mass is 9.68. The molecule has 3 rings (SSSR count). The van der Waals surface area contributed by atoms with Crippen molar-refractivity contribution in [3.8, 4) is 5.75 Å². The third-order valence-electron chi connectivity index (χ3n) is 7.34. The molecule has 0 radical (unpaired) electrons. The smallest absolute Gasteiger partial charge is 0.406 e. The van der Waals surface area contributed by atoms with Crippen LogP contribution < -0.4 is 4.74 Å². The van der Waals surface area contributed by atoms with Crippen LogP contribution in [0.3, 0.4) is 0 Å². The lowest BCUT2D eigenvalue weighted by molar-refractivity contribution is -0.274. The molecule has 0 unspecified atom stereocenters. The molecule has 2 aliphatic rings. The summed E-state index contributed by atoms with van der Waals surface area (Å²) < 4.78 is 73.5. The van der Waals surface area contributed by atoms with Gasteiger partial charge in [-0.15, -0.1) is 13.2 Å². The van der Waals surface area contributed by atoms with Crippen LogP contribution in [0.15, 0.2) is 24.2 Å². The number of benzene rings is 1. The Bertz CT molecular complexity index is 769. The van der Waals surface area contributed by atoms with Crippen LogP contribution in [-0.2, 0) is 6.42 Å². The van der Waals surface area contributed by atoms with Crippen LogP contribution in [0.4, 0.5) is 13.2 Å². The first-order valence-corrected chi connectivity index (χ1v) is 12.0. The van der Waals surface area contributed by atoms with E-state index < -0.39 is 36.3 Å². The van der Waals surface area contributed by atoms with E-state index in [1.165, 1.54) is 64.2 Å². The molecule has 2 aliphatic carbocycles. The average molecular weight is 429 g/mol. The SMILES string of the molecule is [2H]c1c([2H])c(OC(F)(F)F)c([2H])c([2H])c1CCC1CCC(C2CCC(CCCCC)CC2)CC1. The number of hydrogen-bond acceptors (Lipinski definition) is 1. The second kappa shape index (κ2) is 11.4. The van der Waals surface area contributed by atoms with Gasteiger partial charge < -0.3 is 4.74 Å². The number of ether oxygens (including phenoxy) is 1. The molecule has 4 heteroatoms. The van der Waals surface area contributed by atoms with Gasteiger partial charge in [-0.2, -0.15) is 0 Å². The molecule has 1 aromatic carbocycles. The second-order valence-corrected chi connectivity index (χ2v) is 9.45. The molecule has 0 heterocycles. The molecule has 0 aromatic heterocycles. The average Bonchev–Trinajstić information content (AvgIpc) is 2.81. The Kier molecular flexibility index (Phi) is 7.01. The van der Waals surface area contributed by atoms with Crippen molar-refractivity contribution in [1.29, 1.82) is 0 Å². The van der Waals surface area contributed by atoms with Crippen LogP contribution in [0.2, 0.25) is 0 Å². The zero-order valence-corrected chi connectivity index (χ0v) is 18.3. The minimum atomic E-state index is -5.06. The maximum Gasteiger partial charge on any atom is 0.573 e. The van der Waals surface area contributed by atoms with Crippen molar-refractivity contribution in [1.82, 2.24) is 0 Å². The molecular weight excluding hydrogens is 385 g/mol. The van der Waals surface area contributed by atoms with Crippen molar-refractivity contribution < 1.29 is 23.4 Å². The highest BCUT2D eigenvalue weighted by molar-refractivity contribution is 5.27. The number of alkyl halides is 3. The predicted octanol–water partition coefficient (Wildman–Crippen LogP) is 8.71. The van der Waals surface area contributed by atoms with Gasteiger partial charge in [-0.25, -0.2) is 0 Å². The fraction of sp³-hybridized carbons (Fsp3) is 0.769. The standard InChI is InChI=1S/C26H39F3O/c1-2-3-4-5-20-8-14-23(15-9-20)24-16-10-21(11-17-24)6-7-22-12-18-25(19-13-22)30-26(27,28)29/h12-13,18-21,23-24H,2-11,14-17H2,1H3/i12D,13D,18D,19D. The summed E-state index contributed by atoms with van der Waals surface area (Å²) in [6.45, 7) is 2.26. The van der Waals surface area contributed by atoms with E-state index in [1.807, 2.05) is 0 Å². The van der Waals surface area contributed by atoms with Crippen molar-refractivity contribution >= 4 is 0 Å². The van der Waals surface area contributed by atoms with Gasteiger partial charge in [0, 0.05) is 0 Å². The molecule has 1 aromatic rings. The highest BCUT2D eigenvalue weighted by atomic mass is 19.4. The fourth-order valence-electron chi connectivity index (χ4n) is 5.55. The number of hydrogen-bond donors (Lipinski definition) is 0. The molecule has 2 saturated carbocycles. The van der Waals surface area contributed by atoms with Crippen LogP contribution in [0.5, 0.6) is 5.75 Å². The van der Waals surface area contributed by atoms with Crippen molar-refractivity contribution in [2.24, 2.45) is 23.7 Å². The van der Waals surface area contributed by atoms with Crippen molar-refractivity contribution in [2.45, 2.75) is 103 Å². The van der Waals surface area contributed by atoms with Gasteiger partial charge in [-0.05, 0) is 79.8 Å². The minimum Gasteiger partial charge on any atom is -0.406 e. The first-order valence-electron chi connectivity index (χ1n) is 14.0. The Morgan fingerprint density at radius 2 is 1.37 bits per heavy atom. The Labute approximate surface area is 186 Å². The summed E-state index contributed by atoms with van der Waals surface area (Å²) in [6, 6.07) is -2.38. The number of halogens is 3. The van der Waals surface area contributed by atoms with E-state index in [9.17, 15) is 13.2 Å². The largest absolute Gasteiger partial charge is 0.573 e. The van der Waals surface area contributed by atoms with E-state index in [-0.39, 0.29) is 5.56 Å². The Morgan fingerprint density at radius 1 is 0.833 bits per heavy atom. The van der Waals surface area contributed by atoms with Gasteiger partial charge >= 0.3 is 6.36 Å². The maximum atomic E-state index is 12.6. The molecule has 170 valence electrons. The molecule has 0 aliphatic heterocycles. The summed E-state index contributed by atoms with van der Waals surface area (Å²) in [6.07, 6.45) is 11.6. The topological polar surface area (TPSA) is 9.23 Å². The monoisotopic (exact) mass is 428 g/mol. The minimum absolute atomic E-state index is 0.188. The molecule has 0 N–H and O–H groups in total. The maximum absolute atomic E-state index is 12.6. The predicted molar refractivity (Wildman–Crippen MR) is 116 cm³/mol. The number of rotatable bonds is 9. The van der Waals surface area contributed by atoms with E-state index >= 15 is 0 Å². The third-order valence-corrected chi connectivity index (χ3v) is 7.34.